The van der Waals surface area contributed by atoms with Crippen molar-refractivity contribution in [1.29, 1.82) is 0 Å². The number of pyridine rings is 1. The monoisotopic (exact) mass is 238 g/mol. The van der Waals surface area contributed by atoms with Crippen LogP contribution in [0.2, 0.25) is 0 Å². The third-order valence-electron chi connectivity index (χ3n) is 2.43. The highest BCUT2D eigenvalue weighted by Crippen LogP contribution is 1.98. The van der Waals surface area contributed by atoms with Gasteiger partial charge in [-0.2, -0.15) is 0 Å². The Kier molecular flexibility index (Phi) is 4.03. The fourth-order valence-electron chi connectivity index (χ4n) is 1.36. The van der Waals surface area contributed by atoms with Gasteiger partial charge in [-0.25, -0.2) is 4.79 Å². The number of aliphatic carboxylic acids is 1. The molecule has 0 radical (unpaired) electrons. The lowest BCUT2D eigenvalue weighted by molar-refractivity contribution is -0.139. The summed E-state index contributed by atoms with van der Waals surface area (Å²) in [6.45, 7) is 1.66. The molecule has 1 heterocycles. The highest BCUT2D eigenvalue weighted by Gasteiger charge is 2.19. The van der Waals surface area contributed by atoms with Crippen LogP contribution in [0.25, 0.3) is 0 Å². The molecule has 0 aromatic carbocycles. The maximum Gasteiger partial charge on any atom is 0.326 e. The zero-order valence-corrected chi connectivity index (χ0v) is 9.64. The number of carboxylic acid groups (broad SMARTS) is 1. The van der Waals surface area contributed by atoms with Crippen LogP contribution in [0.15, 0.2) is 23.0 Å². The van der Waals surface area contributed by atoms with Crippen LogP contribution in [0, 0.1) is 0 Å². The zero-order valence-electron chi connectivity index (χ0n) is 9.64. The Morgan fingerprint density at radius 2 is 2.12 bits per heavy atom. The van der Waals surface area contributed by atoms with E-state index in [0.717, 1.165) is 0 Å². The number of nitrogens with one attached hydrogen (secondary N) is 1. The molecule has 1 rings (SSSR count). The Morgan fingerprint density at radius 1 is 1.47 bits per heavy atom. The molecule has 92 valence electrons. The minimum Gasteiger partial charge on any atom is -0.480 e. The van der Waals surface area contributed by atoms with Gasteiger partial charge >= 0.3 is 5.97 Å². The third kappa shape index (κ3) is 2.93. The van der Waals surface area contributed by atoms with Gasteiger partial charge in [0.15, 0.2) is 0 Å². The first-order valence-corrected chi connectivity index (χ1v) is 5.17. The van der Waals surface area contributed by atoms with E-state index in [2.05, 4.69) is 5.32 Å². The summed E-state index contributed by atoms with van der Waals surface area (Å²) in [4.78, 5) is 33.8. The van der Waals surface area contributed by atoms with E-state index >= 15 is 0 Å². The number of carbonyl (C=O) groups excluding carboxylic acids is 1. The van der Waals surface area contributed by atoms with Crippen molar-refractivity contribution in [1.82, 2.24) is 9.88 Å². The molecule has 2 N–H and O–H groups in total. The van der Waals surface area contributed by atoms with Crippen molar-refractivity contribution >= 4 is 11.9 Å². The Balaban J connectivity index is 2.94. The lowest BCUT2D eigenvalue weighted by Gasteiger charge is -2.13. The third-order valence-corrected chi connectivity index (χ3v) is 2.43. The summed E-state index contributed by atoms with van der Waals surface area (Å²) in [5.74, 6) is -1.67. The summed E-state index contributed by atoms with van der Waals surface area (Å²) in [6.07, 6.45) is 0.280. The Hall–Kier alpha value is -2.11. The minimum absolute atomic E-state index is 0.136. The average molecular weight is 238 g/mol. The van der Waals surface area contributed by atoms with E-state index in [1.54, 1.807) is 6.92 Å². The fraction of sp³-hybridized carbons (Fsp3) is 0.364. The number of nitrogens with zero attached hydrogens (tertiary/aromatic N) is 1. The summed E-state index contributed by atoms with van der Waals surface area (Å²) in [5.41, 5.74) is -0.182. The second-order valence-electron chi connectivity index (χ2n) is 3.58. The van der Waals surface area contributed by atoms with Gasteiger partial charge in [0.25, 0.3) is 11.5 Å². The summed E-state index contributed by atoms with van der Waals surface area (Å²) >= 11 is 0. The number of carboxylic acids is 1. The Morgan fingerprint density at radius 3 is 2.65 bits per heavy atom. The van der Waals surface area contributed by atoms with Crippen molar-refractivity contribution in [3.05, 3.63) is 34.2 Å². The Labute approximate surface area is 97.9 Å². The molecule has 0 fully saturated rings. The number of hydrogen-bond donors (Lipinski definition) is 2. The molecule has 1 amide bonds. The van der Waals surface area contributed by atoms with Crippen LogP contribution in [-0.4, -0.2) is 27.6 Å². The number of amides is 1. The molecule has 0 saturated heterocycles. The number of carbonyl (C=O) groups is 2. The van der Waals surface area contributed by atoms with Crippen LogP contribution >= 0.6 is 0 Å². The van der Waals surface area contributed by atoms with Crippen LogP contribution < -0.4 is 10.9 Å². The van der Waals surface area contributed by atoms with E-state index in [9.17, 15) is 14.4 Å². The van der Waals surface area contributed by atoms with Gasteiger partial charge in [-0.05, 0) is 12.5 Å². The predicted octanol–water partition coefficient (Wildman–Crippen LogP) is -0.0217. The number of hydrogen-bond acceptors (Lipinski definition) is 3. The molecule has 6 heteroatoms. The van der Waals surface area contributed by atoms with Gasteiger partial charge in [-0.1, -0.05) is 13.0 Å². The molecule has 0 aliphatic carbocycles. The molecular formula is C11H14N2O4. The van der Waals surface area contributed by atoms with Gasteiger partial charge in [0, 0.05) is 13.1 Å². The van der Waals surface area contributed by atoms with Gasteiger partial charge in [0.05, 0.1) is 0 Å². The molecule has 0 saturated carbocycles. The van der Waals surface area contributed by atoms with Crippen molar-refractivity contribution in [2.24, 2.45) is 7.05 Å². The van der Waals surface area contributed by atoms with Crippen LogP contribution in [-0.2, 0) is 11.8 Å². The topological polar surface area (TPSA) is 88.4 Å². The SMILES string of the molecule is CCC(NC(=O)c1cccc(=O)n1C)C(=O)O. The van der Waals surface area contributed by atoms with Crippen molar-refractivity contribution in [3.63, 3.8) is 0 Å². The zero-order chi connectivity index (χ0) is 13.0. The second kappa shape index (κ2) is 5.29. The molecule has 0 bridgehead atoms. The van der Waals surface area contributed by atoms with Gasteiger partial charge in [-0.3, -0.25) is 9.59 Å². The molecule has 0 spiro atoms. The second-order valence-corrected chi connectivity index (χ2v) is 3.58. The van der Waals surface area contributed by atoms with Crippen molar-refractivity contribution in [2.45, 2.75) is 19.4 Å². The van der Waals surface area contributed by atoms with Crippen LogP contribution in [0.1, 0.15) is 23.8 Å². The summed E-state index contributed by atoms with van der Waals surface area (Å²) in [6, 6.07) is 3.30. The first-order valence-electron chi connectivity index (χ1n) is 5.17. The standard InChI is InChI=1S/C11H14N2O4/c1-3-7(11(16)17)12-10(15)8-5-4-6-9(14)13(8)2/h4-7H,3H2,1-2H3,(H,12,15)(H,16,17). The molecule has 1 atom stereocenters. The van der Waals surface area contributed by atoms with Crippen LogP contribution in [0.4, 0.5) is 0 Å². The van der Waals surface area contributed by atoms with E-state index in [1.165, 1.54) is 29.8 Å². The van der Waals surface area contributed by atoms with E-state index in [1.807, 2.05) is 0 Å². The molecular weight excluding hydrogens is 224 g/mol. The lowest BCUT2D eigenvalue weighted by Crippen LogP contribution is -2.42. The maximum atomic E-state index is 11.8. The molecule has 1 aromatic rings. The van der Waals surface area contributed by atoms with Crippen molar-refractivity contribution < 1.29 is 14.7 Å². The molecule has 1 aromatic heterocycles. The number of rotatable bonds is 4. The molecule has 17 heavy (non-hydrogen) atoms. The summed E-state index contributed by atoms with van der Waals surface area (Å²) in [5, 5.41) is 11.2. The highest BCUT2D eigenvalue weighted by atomic mass is 16.4. The van der Waals surface area contributed by atoms with Crippen molar-refractivity contribution in [3.8, 4) is 0 Å². The quantitative estimate of drug-likeness (QED) is 0.771. The highest BCUT2D eigenvalue weighted by molar-refractivity contribution is 5.95. The van der Waals surface area contributed by atoms with E-state index in [0.29, 0.717) is 0 Å². The van der Waals surface area contributed by atoms with Crippen molar-refractivity contribution in [2.75, 3.05) is 0 Å². The summed E-state index contributed by atoms with van der Waals surface area (Å²) < 4.78 is 1.17. The van der Waals surface area contributed by atoms with Crippen LogP contribution in [0.3, 0.4) is 0 Å². The smallest absolute Gasteiger partial charge is 0.326 e. The first kappa shape index (κ1) is 13.0. The summed E-state index contributed by atoms with van der Waals surface area (Å²) in [7, 11) is 1.46. The Bertz CT molecular complexity index is 492. The van der Waals surface area contributed by atoms with Gasteiger partial charge < -0.3 is 15.0 Å². The van der Waals surface area contributed by atoms with Gasteiger partial charge in [0.1, 0.15) is 11.7 Å². The largest absolute Gasteiger partial charge is 0.480 e. The average Bonchev–Trinajstić information content (AvgIpc) is 2.28. The normalized spacial score (nSPS) is 11.9. The van der Waals surface area contributed by atoms with E-state index < -0.39 is 17.9 Å². The molecule has 0 aliphatic rings. The predicted molar refractivity (Wildman–Crippen MR) is 60.9 cm³/mol. The van der Waals surface area contributed by atoms with Gasteiger partial charge in [-0.15, -0.1) is 0 Å². The fourth-order valence-corrected chi connectivity index (χ4v) is 1.36. The molecule has 6 nitrogen and oxygen atoms in total. The molecule has 0 aliphatic heterocycles. The maximum absolute atomic E-state index is 11.8. The first-order chi connectivity index (χ1) is 7.97. The van der Waals surface area contributed by atoms with Gasteiger partial charge in [0.2, 0.25) is 0 Å². The number of aromatic nitrogens is 1. The minimum atomic E-state index is -1.10. The van der Waals surface area contributed by atoms with E-state index in [-0.39, 0.29) is 17.7 Å². The lowest BCUT2D eigenvalue weighted by atomic mass is 10.2. The molecule has 1 unspecified atom stereocenters. The van der Waals surface area contributed by atoms with Crippen LogP contribution in [0.5, 0.6) is 0 Å². The van der Waals surface area contributed by atoms with E-state index in [4.69, 9.17) is 5.11 Å².